The van der Waals surface area contributed by atoms with Crippen LogP contribution in [0.2, 0.25) is 0 Å². The van der Waals surface area contributed by atoms with Crippen molar-refractivity contribution >= 4 is 23.2 Å². The minimum Gasteiger partial charge on any atom is -0.497 e. The van der Waals surface area contributed by atoms with E-state index < -0.39 is 6.04 Å². The number of hydrogen-bond acceptors (Lipinski definition) is 7. The molecule has 8 nitrogen and oxygen atoms in total. The topological polar surface area (TPSA) is 86.3 Å². The molecule has 0 spiro atoms. The highest BCUT2D eigenvalue weighted by Gasteiger charge is 2.35. The van der Waals surface area contributed by atoms with E-state index in [0.29, 0.717) is 41.5 Å². The molecule has 0 bridgehead atoms. The highest BCUT2D eigenvalue weighted by Crippen LogP contribution is 2.35. The van der Waals surface area contributed by atoms with Gasteiger partial charge in [-0.1, -0.05) is 31.4 Å². The van der Waals surface area contributed by atoms with Gasteiger partial charge in [-0.25, -0.2) is 0 Å². The van der Waals surface area contributed by atoms with Gasteiger partial charge in [0.1, 0.15) is 17.5 Å². The number of benzene rings is 2. The van der Waals surface area contributed by atoms with Crippen LogP contribution in [0.15, 0.2) is 53.9 Å². The van der Waals surface area contributed by atoms with Crippen molar-refractivity contribution in [3.63, 3.8) is 0 Å². The molecule has 1 aliphatic carbocycles. The number of nitrogens with one attached hydrogen (secondary N) is 1. The highest BCUT2D eigenvalue weighted by atomic mass is 32.1. The SMILES string of the molecule is COc1ccc(C(C(=O)NC2CCCCC2)N(CCc2ccc(OC)c(OC)c2)C(=O)Cc2cccs2)c(OC)c1. The molecule has 1 aromatic heterocycles. The van der Waals surface area contributed by atoms with Gasteiger partial charge in [0.15, 0.2) is 11.5 Å². The summed E-state index contributed by atoms with van der Waals surface area (Å²) in [5.74, 6) is 2.02. The summed E-state index contributed by atoms with van der Waals surface area (Å²) in [5.41, 5.74) is 1.58. The van der Waals surface area contributed by atoms with Gasteiger partial charge < -0.3 is 29.2 Å². The number of ether oxygens (including phenoxy) is 4. The summed E-state index contributed by atoms with van der Waals surface area (Å²) in [7, 11) is 6.35. The highest BCUT2D eigenvalue weighted by molar-refractivity contribution is 7.10. The quantitative estimate of drug-likeness (QED) is 0.284. The van der Waals surface area contributed by atoms with Crippen LogP contribution in [-0.2, 0) is 22.4 Å². The summed E-state index contributed by atoms with van der Waals surface area (Å²) < 4.78 is 22.0. The Morgan fingerprint density at radius 2 is 1.66 bits per heavy atom. The largest absolute Gasteiger partial charge is 0.497 e. The molecule has 0 aliphatic heterocycles. The third-order valence-corrected chi connectivity index (χ3v) is 8.44. The van der Waals surface area contributed by atoms with Gasteiger partial charge in [-0.3, -0.25) is 9.59 Å². The van der Waals surface area contributed by atoms with E-state index in [2.05, 4.69) is 5.32 Å². The molecule has 1 aliphatic rings. The van der Waals surface area contributed by atoms with Gasteiger partial charge in [0, 0.05) is 29.1 Å². The maximum Gasteiger partial charge on any atom is 0.247 e. The number of carbonyl (C=O) groups excluding carboxylic acids is 2. The zero-order valence-electron chi connectivity index (χ0n) is 24.3. The lowest BCUT2D eigenvalue weighted by Crippen LogP contribution is -2.48. The van der Waals surface area contributed by atoms with E-state index in [1.54, 1.807) is 45.5 Å². The Labute approximate surface area is 246 Å². The van der Waals surface area contributed by atoms with Crippen LogP contribution in [0.1, 0.15) is 54.1 Å². The van der Waals surface area contributed by atoms with Crippen LogP contribution >= 0.6 is 11.3 Å². The molecule has 0 saturated heterocycles. The predicted octanol–water partition coefficient (Wildman–Crippen LogP) is 5.59. The zero-order valence-corrected chi connectivity index (χ0v) is 25.1. The first kappa shape index (κ1) is 30.2. The first-order valence-corrected chi connectivity index (χ1v) is 14.9. The van der Waals surface area contributed by atoms with Gasteiger partial charge in [0.2, 0.25) is 11.8 Å². The fourth-order valence-electron chi connectivity index (χ4n) is 5.37. The second kappa shape index (κ2) is 14.8. The smallest absolute Gasteiger partial charge is 0.247 e. The van der Waals surface area contributed by atoms with Crippen LogP contribution in [0.25, 0.3) is 0 Å². The summed E-state index contributed by atoms with van der Waals surface area (Å²) in [4.78, 5) is 30.8. The molecule has 220 valence electrons. The van der Waals surface area contributed by atoms with Crippen molar-refractivity contribution in [2.45, 2.75) is 57.0 Å². The lowest BCUT2D eigenvalue weighted by atomic mass is 9.94. The van der Waals surface area contributed by atoms with Gasteiger partial charge >= 0.3 is 0 Å². The van der Waals surface area contributed by atoms with Crippen molar-refractivity contribution in [1.29, 1.82) is 0 Å². The molecular weight excluding hydrogens is 540 g/mol. The number of amides is 2. The Morgan fingerprint density at radius 1 is 0.902 bits per heavy atom. The molecule has 4 rings (SSSR count). The predicted molar refractivity (Wildman–Crippen MR) is 160 cm³/mol. The molecule has 2 amide bonds. The maximum absolute atomic E-state index is 14.2. The molecule has 2 aromatic carbocycles. The van der Waals surface area contributed by atoms with Crippen LogP contribution in [0.4, 0.5) is 0 Å². The summed E-state index contributed by atoms with van der Waals surface area (Å²) >= 11 is 1.53. The molecule has 3 aromatic rings. The van der Waals surface area contributed by atoms with Crippen LogP contribution in [-0.4, -0.2) is 57.7 Å². The number of thiophene rings is 1. The van der Waals surface area contributed by atoms with Crippen molar-refractivity contribution in [2.75, 3.05) is 35.0 Å². The molecule has 0 radical (unpaired) electrons. The van der Waals surface area contributed by atoms with Crippen LogP contribution < -0.4 is 24.3 Å². The first-order chi connectivity index (χ1) is 20.0. The van der Waals surface area contributed by atoms with Gasteiger partial charge in [-0.2, -0.15) is 0 Å². The fraction of sp³-hybridized carbons (Fsp3) is 0.438. The Kier molecular flexibility index (Phi) is 10.9. The number of hydrogen-bond donors (Lipinski definition) is 1. The standard InChI is InChI=1S/C32H40N2O6S/c1-37-24-13-14-26(28(20-24)39-3)31(32(36)33-23-9-6-5-7-10-23)34(30(35)21-25-11-8-18-41-25)17-16-22-12-15-27(38-2)29(19-22)40-4/h8,11-15,18-20,23,31H,5-7,9-10,16-17,21H2,1-4H3,(H,33,36). The Balaban J connectivity index is 1.72. The number of methoxy groups -OCH3 is 4. The van der Waals surface area contributed by atoms with E-state index >= 15 is 0 Å². The lowest BCUT2D eigenvalue weighted by molar-refractivity contribution is -0.140. The van der Waals surface area contributed by atoms with E-state index in [1.165, 1.54) is 17.8 Å². The second-order valence-electron chi connectivity index (χ2n) is 10.1. The van der Waals surface area contributed by atoms with E-state index in [9.17, 15) is 9.59 Å². The number of rotatable bonds is 13. The van der Waals surface area contributed by atoms with E-state index in [4.69, 9.17) is 18.9 Å². The molecule has 1 unspecified atom stereocenters. The maximum atomic E-state index is 14.2. The lowest BCUT2D eigenvalue weighted by Gasteiger charge is -2.34. The second-order valence-corrected chi connectivity index (χ2v) is 11.2. The van der Waals surface area contributed by atoms with Crippen LogP contribution in [0.5, 0.6) is 23.0 Å². The monoisotopic (exact) mass is 580 g/mol. The molecule has 41 heavy (non-hydrogen) atoms. The van der Waals surface area contributed by atoms with Crippen LogP contribution in [0.3, 0.4) is 0 Å². The summed E-state index contributed by atoms with van der Waals surface area (Å²) in [6, 6.07) is 14.2. The van der Waals surface area contributed by atoms with Crippen molar-refractivity contribution in [3.8, 4) is 23.0 Å². The Morgan fingerprint density at radius 3 is 2.32 bits per heavy atom. The van der Waals surface area contributed by atoms with Crippen LogP contribution in [0, 0.1) is 0 Å². The third kappa shape index (κ3) is 7.73. The van der Waals surface area contributed by atoms with Crippen molar-refractivity contribution < 1.29 is 28.5 Å². The summed E-state index contributed by atoms with van der Waals surface area (Å²) in [6.45, 7) is 0.317. The normalized spacial score (nSPS) is 14.1. The van der Waals surface area contributed by atoms with Gasteiger partial charge in [0.05, 0.1) is 34.9 Å². The molecule has 1 N–H and O–H groups in total. The van der Waals surface area contributed by atoms with Crippen molar-refractivity contribution in [3.05, 3.63) is 69.9 Å². The summed E-state index contributed by atoms with van der Waals surface area (Å²) in [5, 5.41) is 5.22. The molecule has 9 heteroatoms. The van der Waals surface area contributed by atoms with Gasteiger partial charge in [-0.05, 0) is 60.5 Å². The van der Waals surface area contributed by atoms with Crippen molar-refractivity contribution in [2.24, 2.45) is 0 Å². The summed E-state index contributed by atoms with van der Waals surface area (Å²) in [6.07, 6.45) is 5.94. The average Bonchev–Trinajstić information content (AvgIpc) is 3.52. The molecule has 1 atom stereocenters. The average molecular weight is 581 g/mol. The fourth-order valence-corrected chi connectivity index (χ4v) is 6.07. The van der Waals surface area contributed by atoms with Gasteiger partial charge in [0.25, 0.3) is 0 Å². The minimum absolute atomic E-state index is 0.0862. The minimum atomic E-state index is -0.884. The number of nitrogens with zero attached hydrogens (tertiary/aromatic N) is 1. The number of carbonyl (C=O) groups is 2. The first-order valence-electron chi connectivity index (χ1n) is 14.0. The van der Waals surface area contributed by atoms with Gasteiger partial charge in [-0.15, -0.1) is 11.3 Å². The van der Waals surface area contributed by atoms with E-state index in [1.807, 2.05) is 41.8 Å². The van der Waals surface area contributed by atoms with E-state index in [-0.39, 0.29) is 24.3 Å². The molecule has 1 saturated carbocycles. The van der Waals surface area contributed by atoms with Crippen molar-refractivity contribution in [1.82, 2.24) is 10.2 Å². The Hall–Kier alpha value is -3.72. The molecular formula is C32H40N2O6S. The zero-order chi connectivity index (χ0) is 29.2. The molecule has 1 heterocycles. The Bertz CT molecular complexity index is 1290. The molecule has 1 fully saturated rings. The van der Waals surface area contributed by atoms with E-state index in [0.717, 1.165) is 36.1 Å². The third-order valence-electron chi connectivity index (χ3n) is 7.56.